The summed E-state index contributed by atoms with van der Waals surface area (Å²) in [5.74, 6) is 0.990. The highest BCUT2D eigenvalue weighted by Gasteiger charge is 2.21. The maximum absolute atomic E-state index is 4.40. The first-order valence-corrected chi connectivity index (χ1v) is 6.93. The average Bonchev–Trinajstić information content (AvgIpc) is 2.83. The van der Waals surface area contributed by atoms with Crippen LogP contribution in [-0.4, -0.2) is 51.6 Å². The molecule has 0 radical (unpaired) electrons. The van der Waals surface area contributed by atoms with Crippen molar-refractivity contribution in [3.05, 3.63) is 29.8 Å². The SMILES string of the molecule is CN=C(NCCCN(C)C)N1CCc2ccccc21. The summed E-state index contributed by atoms with van der Waals surface area (Å²) >= 11 is 0. The van der Waals surface area contributed by atoms with Crippen LogP contribution in [0.15, 0.2) is 29.3 Å². The zero-order chi connectivity index (χ0) is 13.7. The molecule has 1 N–H and O–H groups in total. The molecule has 0 amide bonds. The maximum atomic E-state index is 4.40. The van der Waals surface area contributed by atoms with Crippen LogP contribution in [-0.2, 0) is 6.42 Å². The van der Waals surface area contributed by atoms with Crippen LogP contribution in [0.3, 0.4) is 0 Å². The Labute approximate surface area is 116 Å². The number of fused-ring (bicyclic) bond motifs is 1. The van der Waals surface area contributed by atoms with E-state index in [2.05, 4.69) is 58.5 Å². The minimum absolute atomic E-state index is 0.962. The highest BCUT2D eigenvalue weighted by molar-refractivity contribution is 5.97. The van der Waals surface area contributed by atoms with E-state index in [0.29, 0.717) is 0 Å². The second-order valence-corrected chi connectivity index (χ2v) is 5.16. The molecule has 0 aromatic heterocycles. The van der Waals surface area contributed by atoms with Crippen molar-refractivity contribution in [2.24, 2.45) is 4.99 Å². The van der Waals surface area contributed by atoms with Crippen LogP contribution in [0, 0.1) is 0 Å². The molecule has 1 aliphatic heterocycles. The number of anilines is 1. The Balaban J connectivity index is 1.93. The highest BCUT2D eigenvalue weighted by atomic mass is 15.3. The number of rotatable bonds is 4. The summed E-state index contributed by atoms with van der Waals surface area (Å²) in [5.41, 5.74) is 2.71. The van der Waals surface area contributed by atoms with Crippen LogP contribution in [0.25, 0.3) is 0 Å². The normalized spacial score (nSPS) is 14.9. The number of hydrogen-bond donors (Lipinski definition) is 1. The zero-order valence-electron chi connectivity index (χ0n) is 12.2. The molecule has 19 heavy (non-hydrogen) atoms. The molecular weight excluding hydrogens is 236 g/mol. The summed E-state index contributed by atoms with van der Waals surface area (Å²) in [6, 6.07) is 8.58. The Kier molecular flexibility index (Phi) is 4.80. The molecule has 0 unspecified atom stereocenters. The van der Waals surface area contributed by atoms with Crippen LogP contribution in [0.1, 0.15) is 12.0 Å². The minimum Gasteiger partial charge on any atom is -0.356 e. The largest absolute Gasteiger partial charge is 0.356 e. The van der Waals surface area contributed by atoms with Gasteiger partial charge in [0.1, 0.15) is 0 Å². The van der Waals surface area contributed by atoms with Gasteiger partial charge in [0, 0.05) is 25.8 Å². The number of nitrogens with zero attached hydrogens (tertiary/aromatic N) is 3. The van der Waals surface area contributed by atoms with Crippen molar-refractivity contribution in [2.45, 2.75) is 12.8 Å². The lowest BCUT2D eigenvalue weighted by Gasteiger charge is -2.22. The molecule has 1 aliphatic rings. The van der Waals surface area contributed by atoms with Crippen molar-refractivity contribution in [3.8, 4) is 0 Å². The molecule has 2 rings (SSSR count). The van der Waals surface area contributed by atoms with Crippen LogP contribution in [0.2, 0.25) is 0 Å². The standard InChI is InChI=1S/C15H24N4/c1-16-15(17-10-6-11-18(2)3)19-12-9-13-7-4-5-8-14(13)19/h4-5,7-8H,6,9-12H2,1-3H3,(H,16,17). The molecule has 4 heteroatoms. The van der Waals surface area contributed by atoms with Gasteiger partial charge in [-0.15, -0.1) is 0 Å². The van der Waals surface area contributed by atoms with E-state index in [1.807, 2.05) is 7.05 Å². The third-order valence-electron chi connectivity index (χ3n) is 3.42. The van der Waals surface area contributed by atoms with Crippen molar-refractivity contribution in [1.82, 2.24) is 10.2 Å². The summed E-state index contributed by atoms with van der Waals surface area (Å²) < 4.78 is 0. The fraction of sp³-hybridized carbons (Fsp3) is 0.533. The molecule has 1 aromatic rings. The van der Waals surface area contributed by atoms with Gasteiger partial charge in [-0.05, 0) is 45.1 Å². The Morgan fingerprint density at radius 1 is 1.37 bits per heavy atom. The first kappa shape index (κ1) is 13.9. The van der Waals surface area contributed by atoms with E-state index < -0.39 is 0 Å². The van der Waals surface area contributed by atoms with E-state index in [9.17, 15) is 0 Å². The van der Waals surface area contributed by atoms with Crippen molar-refractivity contribution in [1.29, 1.82) is 0 Å². The number of para-hydroxylation sites is 1. The van der Waals surface area contributed by atoms with Gasteiger partial charge in [-0.2, -0.15) is 0 Å². The molecule has 1 aromatic carbocycles. The predicted molar refractivity (Wildman–Crippen MR) is 82.0 cm³/mol. The molecule has 0 bridgehead atoms. The number of nitrogens with one attached hydrogen (secondary N) is 1. The maximum Gasteiger partial charge on any atom is 0.198 e. The van der Waals surface area contributed by atoms with Crippen LogP contribution >= 0.6 is 0 Å². The summed E-state index contributed by atoms with van der Waals surface area (Å²) in [4.78, 5) is 8.89. The predicted octanol–water partition coefficient (Wildman–Crippen LogP) is 1.58. The summed E-state index contributed by atoms with van der Waals surface area (Å²) in [6.45, 7) is 3.08. The first-order chi connectivity index (χ1) is 9.22. The molecule has 0 atom stereocenters. The second-order valence-electron chi connectivity index (χ2n) is 5.16. The van der Waals surface area contributed by atoms with Gasteiger partial charge in [0.15, 0.2) is 5.96 Å². The van der Waals surface area contributed by atoms with E-state index in [0.717, 1.165) is 38.4 Å². The Hall–Kier alpha value is -1.55. The lowest BCUT2D eigenvalue weighted by molar-refractivity contribution is 0.400. The molecule has 104 valence electrons. The molecular formula is C15H24N4. The fourth-order valence-electron chi connectivity index (χ4n) is 2.45. The molecule has 0 saturated heterocycles. The molecule has 4 nitrogen and oxygen atoms in total. The third kappa shape index (κ3) is 3.47. The molecule has 0 fully saturated rings. The van der Waals surface area contributed by atoms with Gasteiger partial charge in [-0.1, -0.05) is 18.2 Å². The summed E-state index contributed by atoms with van der Waals surface area (Å²) in [7, 11) is 6.06. The number of benzene rings is 1. The van der Waals surface area contributed by atoms with Crippen molar-refractivity contribution in [2.75, 3.05) is 45.7 Å². The quantitative estimate of drug-likeness (QED) is 0.506. The Bertz CT molecular complexity index is 440. The van der Waals surface area contributed by atoms with Crippen molar-refractivity contribution in [3.63, 3.8) is 0 Å². The van der Waals surface area contributed by atoms with Crippen molar-refractivity contribution < 1.29 is 0 Å². The number of hydrogen-bond acceptors (Lipinski definition) is 2. The van der Waals surface area contributed by atoms with Gasteiger partial charge < -0.3 is 15.1 Å². The second kappa shape index (κ2) is 6.57. The van der Waals surface area contributed by atoms with E-state index in [1.54, 1.807) is 0 Å². The molecule has 0 aliphatic carbocycles. The number of guanidine groups is 1. The molecule has 0 saturated carbocycles. The number of aliphatic imine (C=N–C) groups is 1. The molecule has 1 heterocycles. The van der Waals surface area contributed by atoms with Gasteiger partial charge >= 0.3 is 0 Å². The van der Waals surface area contributed by atoms with Crippen LogP contribution < -0.4 is 10.2 Å². The highest BCUT2D eigenvalue weighted by Crippen LogP contribution is 2.27. The van der Waals surface area contributed by atoms with Gasteiger partial charge in [-0.3, -0.25) is 4.99 Å². The van der Waals surface area contributed by atoms with Gasteiger partial charge in [0.25, 0.3) is 0 Å². The minimum atomic E-state index is 0.962. The first-order valence-electron chi connectivity index (χ1n) is 6.93. The van der Waals surface area contributed by atoms with Crippen LogP contribution in [0.4, 0.5) is 5.69 Å². The van der Waals surface area contributed by atoms with Gasteiger partial charge in [0.2, 0.25) is 0 Å². The van der Waals surface area contributed by atoms with Gasteiger partial charge in [-0.25, -0.2) is 0 Å². The van der Waals surface area contributed by atoms with E-state index in [-0.39, 0.29) is 0 Å². The topological polar surface area (TPSA) is 30.9 Å². The lowest BCUT2D eigenvalue weighted by atomic mass is 10.2. The van der Waals surface area contributed by atoms with Crippen molar-refractivity contribution >= 4 is 11.6 Å². The van der Waals surface area contributed by atoms with E-state index in [4.69, 9.17) is 0 Å². The van der Waals surface area contributed by atoms with Crippen LogP contribution in [0.5, 0.6) is 0 Å². The van der Waals surface area contributed by atoms with E-state index in [1.165, 1.54) is 11.3 Å². The smallest absolute Gasteiger partial charge is 0.198 e. The zero-order valence-corrected chi connectivity index (χ0v) is 12.2. The summed E-state index contributed by atoms with van der Waals surface area (Å²) in [5, 5.41) is 3.46. The molecule has 0 spiro atoms. The fourth-order valence-corrected chi connectivity index (χ4v) is 2.45. The Morgan fingerprint density at radius 2 is 2.16 bits per heavy atom. The average molecular weight is 260 g/mol. The van der Waals surface area contributed by atoms with E-state index >= 15 is 0 Å². The Morgan fingerprint density at radius 3 is 2.89 bits per heavy atom. The third-order valence-corrected chi connectivity index (χ3v) is 3.42. The summed E-state index contributed by atoms with van der Waals surface area (Å²) in [6.07, 6.45) is 2.23. The van der Waals surface area contributed by atoms with Gasteiger partial charge in [0.05, 0.1) is 0 Å². The lowest BCUT2D eigenvalue weighted by Crippen LogP contribution is -2.41. The monoisotopic (exact) mass is 260 g/mol.